The standard InChI is InChI=1S/C23H23N3O5/c27-21(14-4-2-1-3-5-14)25-16-6-7-19-17(12-16)18(13-24-19)20(23(30)31)26-10-8-15(9-11-26)22(28)29/h1-7,12-13,15,20,24H,8-11H2,(H,25,27)(H,28,29)(H,30,31). The molecule has 31 heavy (non-hydrogen) atoms. The molecule has 2 aromatic carbocycles. The van der Waals surface area contributed by atoms with Crippen LogP contribution in [0, 0.1) is 5.92 Å². The van der Waals surface area contributed by atoms with Gasteiger partial charge in [-0.2, -0.15) is 0 Å². The van der Waals surface area contributed by atoms with Crippen LogP contribution in [0.2, 0.25) is 0 Å². The van der Waals surface area contributed by atoms with Crippen molar-refractivity contribution in [1.29, 1.82) is 0 Å². The van der Waals surface area contributed by atoms with Gasteiger partial charge in [-0.25, -0.2) is 0 Å². The lowest BCUT2D eigenvalue weighted by Crippen LogP contribution is -2.41. The minimum atomic E-state index is -0.992. The lowest BCUT2D eigenvalue weighted by atomic mass is 9.94. The molecule has 0 aliphatic carbocycles. The van der Waals surface area contributed by atoms with Crippen molar-refractivity contribution in [3.05, 3.63) is 65.9 Å². The number of anilines is 1. The number of hydrogen-bond acceptors (Lipinski definition) is 4. The van der Waals surface area contributed by atoms with Gasteiger partial charge in [0.2, 0.25) is 0 Å². The highest BCUT2D eigenvalue weighted by Gasteiger charge is 2.34. The van der Waals surface area contributed by atoms with Crippen molar-refractivity contribution in [2.45, 2.75) is 18.9 Å². The summed E-state index contributed by atoms with van der Waals surface area (Å²) in [4.78, 5) is 40.8. The van der Waals surface area contributed by atoms with Crippen molar-refractivity contribution in [1.82, 2.24) is 9.88 Å². The van der Waals surface area contributed by atoms with Gasteiger partial charge < -0.3 is 20.5 Å². The Balaban J connectivity index is 1.60. The van der Waals surface area contributed by atoms with Gasteiger partial charge in [-0.05, 0) is 43.2 Å². The molecule has 1 amide bonds. The monoisotopic (exact) mass is 421 g/mol. The highest BCUT2D eigenvalue weighted by Crippen LogP contribution is 2.33. The van der Waals surface area contributed by atoms with Crippen molar-refractivity contribution in [2.24, 2.45) is 5.92 Å². The quantitative estimate of drug-likeness (QED) is 0.484. The van der Waals surface area contributed by atoms with Crippen LogP contribution in [-0.2, 0) is 9.59 Å². The fraction of sp³-hybridized carbons (Fsp3) is 0.261. The fourth-order valence-electron chi connectivity index (χ4n) is 4.13. The summed E-state index contributed by atoms with van der Waals surface area (Å²) in [6.45, 7) is 0.788. The van der Waals surface area contributed by atoms with Crippen molar-refractivity contribution in [2.75, 3.05) is 18.4 Å². The third-order valence-electron chi connectivity index (χ3n) is 5.78. The maximum atomic E-state index is 12.5. The third kappa shape index (κ3) is 4.29. The molecule has 1 saturated heterocycles. The Bertz CT molecular complexity index is 1120. The molecule has 4 N–H and O–H groups in total. The minimum Gasteiger partial charge on any atom is -0.481 e. The van der Waals surface area contributed by atoms with Gasteiger partial charge in [0, 0.05) is 47.0 Å². The number of nitrogens with zero attached hydrogens (tertiary/aromatic N) is 1. The van der Waals surface area contributed by atoms with Crippen LogP contribution in [0.4, 0.5) is 5.69 Å². The molecule has 4 rings (SSSR count). The van der Waals surface area contributed by atoms with Crippen LogP contribution in [0.15, 0.2) is 54.7 Å². The summed E-state index contributed by atoms with van der Waals surface area (Å²) in [6, 6.07) is 13.3. The van der Waals surface area contributed by atoms with Gasteiger partial charge >= 0.3 is 11.9 Å². The predicted octanol–water partition coefficient (Wildman–Crippen LogP) is 3.34. The van der Waals surface area contributed by atoms with E-state index in [9.17, 15) is 24.6 Å². The highest BCUT2D eigenvalue weighted by atomic mass is 16.4. The minimum absolute atomic E-state index is 0.248. The normalized spacial score (nSPS) is 16.1. The summed E-state index contributed by atoms with van der Waals surface area (Å²) < 4.78 is 0. The van der Waals surface area contributed by atoms with Crippen molar-refractivity contribution >= 4 is 34.4 Å². The Morgan fingerprint density at radius 3 is 2.39 bits per heavy atom. The highest BCUT2D eigenvalue weighted by molar-refractivity contribution is 6.05. The van der Waals surface area contributed by atoms with E-state index < -0.39 is 23.9 Å². The number of carboxylic acid groups (broad SMARTS) is 2. The molecule has 1 atom stereocenters. The van der Waals surface area contributed by atoms with Crippen LogP contribution in [0.5, 0.6) is 0 Å². The van der Waals surface area contributed by atoms with Crippen molar-refractivity contribution < 1.29 is 24.6 Å². The van der Waals surface area contributed by atoms with Crippen LogP contribution < -0.4 is 5.32 Å². The number of amides is 1. The van der Waals surface area contributed by atoms with Gasteiger partial charge in [-0.1, -0.05) is 18.2 Å². The number of aromatic nitrogens is 1. The number of aliphatic carboxylic acids is 2. The first-order valence-corrected chi connectivity index (χ1v) is 10.1. The second-order valence-corrected chi connectivity index (χ2v) is 7.71. The number of benzene rings is 2. The Morgan fingerprint density at radius 2 is 1.74 bits per heavy atom. The zero-order chi connectivity index (χ0) is 22.0. The Labute approximate surface area is 178 Å². The van der Waals surface area contributed by atoms with Crippen LogP contribution in [0.1, 0.15) is 34.8 Å². The van der Waals surface area contributed by atoms with Crippen molar-refractivity contribution in [3.8, 4) is 0 Å². The molecule has 8 heteroatoms. The molecule has 3 aromatic rings. The maximum Gasteiger partial charge on any atom is 0.325 e. The number of rotatable bonds is 6. The van der Waals surface area contributed by atoms with E-state index in [0.29, 0.717) is 48.1 Å². The van der Waals surface area contributed by atoms with E-state index in [1.807, 2.05) is 6.07 Å². The molecule has 1 aliphatic heterocycles. The van der Waals surface area contributed by atoms with E-state index in [1.165, 1.54) is 0 Å². The van der Waals surface area contributed by atoms with Gasteiger partial charge in [0.25, 0.3) is 5.91 Å². The molecule has 0 radical (unpaired) electrons. The second kappa shape index (κ2) is 8.61. The molecular formula is C23H23N3O5. The molecule has 2 heterocycles. The molecule has 1 aliphatic rings. The van der Waals surface area contributed by atoms with Gasteiger partial charge in [0.05, 0.1) is 5.92 Å². The largest absolute Gasteiger partial charge is 0.481 e. The first kappa shape index (κ1) is 20.6. The van der Waals surface area contributed by atoms with Gasteiger partial charge in [-0.3, -0.25) is 19.3 Å². The van der Waals surface area contributed by atoms with Gasteiger partial charge in [-0.15, -0.1) is 0 Å². The van der Waals surface area contributed by atoms with Gasteiger partial charge in [0.1, 0.15) is 6.04 Å². The number of H-pyrrole nitrogens is 1. The summed E-state index contributed by atoms with van der Waals surface area (Å²) in [6.07, 6.45) is 2.51. The average Bonchev–Trinajstić information content (AvgIpc) is 3.17. The van der Waals surface area contributed by atoms with E-state index >= 15 is 0 Å². The van der Waals surface area contributed by atoms with Crippen LogP contribution >= 0.6 is 0 Å². The lowest BCUT2D eigenvalue weighted by Gasteiger charge is -2.34. The number of carbonyl (C=O) groups excluding carboxylic acids is 1. The summed E-state index contributed by atoms with van der Waals surface area (Å²) >= 11 is 0. The molecule has 8 nitrogen and oxygen atoms in total. The van der Waals surface area contributed by atoms with E-state index in [2.05, 4.69) is 10.3 Å². The predicted molar refractivity (Wildman–Crippen MR) is 115 cm³/mol. The SMILES string of the molecule is O=C(Nc1ccc2[nH]cc(C(C(=O)O)N3CCC(C(=O)O)CC3)c2c1)c1ccccc1. The molecular weight excluding hydrogens is 398 g/mol. The molecule has 0 spiro atoms. The van der Waals surface area contributed by atoms with Crippen LogP contribution in [-0.4, -0.2) is 51.0 Å². The summed E-state index contributed by atoms with van der Waals surface area (Å²) in [5.74, 6) is -2.51. The number of likely N-dealkylation sites (tertiary alicyclic amines) is 1. The number of piperidine rings is 1. The third-order valence-corrected chi connectivity index (χ3v) is 5.78. The summed E-state index contributed by atoms with van der Waals surface area (Å²) in [7, 11) is 0. The summed E-state index contributed by atoms with van der Waals surface area (Å²) in [5.41, 5.74) is 2.45. The number of fused-ring (bicyclic) bond motifs is 1. The maximum absolute atomic E-state index is 12.5. The number of nitrogens with one attached hydrogen (secondary N) is 2. The Morgan fingerprint density at radius 1 is 1.03 bits per heavy atom. The molecule has 1 aromatic heterocycles. The van der Waals surface area contributed by atoms with Crippen LogP contribution in [0.3, 0.4) is 0 Å². The Kier molecular flexibility index (Phi) is 5.73. The van der Waals surface area contributed by atoms with Crippen LogP contribution in [0.25, 0.3) is 10.9 Å². The average molecular weight is 421 g/mol. The molecule has 0 bridgehead atoms. The van der Waals surface area contributed by atoms with E-state index in [4.69, 9.17) is 0 Å². The summed E-state index contributed by atoms with van der Waals surface area (Å²) in [5, 5.41) is 22.7. The molecule has 1 unspecified atom stereocenters. The molecule has 0 saturated carbocycles. The number of carbonyl (C=O) groups is 3. The lowest BCUT2D eigenvalue weighted by molar-refractivity contribution is -0.146. The first-order chi connectivity index (χ1) is 14.9. The number of aromatic amines is 1. The van der Waals surface area contributed by atoms with E-state index in [-0.39, 0.29) is 5.91 Å². The van der Waals surface area contributed by atoms with E-state index in [0.717, 1.165) is 5.52 Å². The van der Waals surface area contributed by atoms with Gasteiger partial charge in [0.15, 0.2) is 0 Å². The van der Waals surface area contributed by atoms with Crippen molar-refractivity contribution in [3.63, 3.8) is 0 Å². The second-order valence-electron chi connectivity index (χ2n) is 7.71. The fourth-order valence-corrected chi connectivity index (χ4v) is 4.13. The number of hydrogen-bond donors (Lipinski definition) is 4. The smallest absolute Gasteiger partial charge is 0.325 e. The molecule has 1 fully saturated rings. The number of carboxylic acids is 2. The Hall–Kier alpha value is -3.65. The first-order valence-electron chi connectivity index (χ1n) is 10.1. The molecule has 160 valence electrons. The topological polar surface area (TPSA) is 123 Å². The zero-order valence-electron chi connectivity index (χ0n) is 16.7. The zero-order valence-corrected chi connectivity index (χ0v) is 16.7. The van der Waals surface area contributed by atoms with E-state index in [1.54, 1.807) is 53.6 Å².